The summed E-state index contributed by atoms with van der Waals surface area (Å²) in [5.74, 6) is 1.07. The molecule has 0 atom stereocenters. The van der Waals surface area contributed by atoms with Crippen LogP contribution in [0.2, 0.25) is 0 Å². The monoisotopic (exact) mass is 383 g/mol. The molecule has 0 aliphatic carbocycles. The second kappa shape index (κ2) is 9.16. The molecule has 0 spiro atoms. The van der Waals surface area contributed by atoms with Gasteiger partial charge in [-0.2, -0.15) is 0 Å². The van der Waals surface area contributed by atoms with Gasteiger partial charge in [0, 0.05) is 57.6 Å². The Hall–Kier alpha value is -3.16. The van der Waals surface area contributed by atoms with Crippen molar-refractivity contribution < 1.29 is 14.3 Å². The third-order valence-electron chi connectivity index (χ3n) is 4.64. The predicted molar refractivity (Wildman–Crippen MR) is 106 cm³/mol. The van der Waals surface area contributed by atoms with Gasteiger partial charge in [-0.15, -0.1) is 0 Å². The van der Waals surface area contributed by atoms with Gasteiger partial charge >= 0.3 is 5.97 Å². The van der Waals surface area contributed by atoms with Gasteiger partial charge in [0.2, 0.25) is 5.91 Å². The molecule has 3 rings (SSSR count). The topological polar surface area (TPSA) is 87.7 Å². The third-order valence-corrected chi connectivity index (χ3v) is 4.64. The first kappa shape index (κ1) is 19.6. The number of pyridine rings is 2. The van der Waals surface area contributed by atoms with Crippen molar-refractivity contribution in [2.24, 2.45) is 0 Å². The van der Waals surface area contributed by atoms with Crippen LogP contribution in [0.15, 0.2) is 36.7 Å². The highest BCUT2D eigenvalue weighted by Crippen LogP contribution is 2.21. The fourth-order valence-corrected chi connectivity index (χ4v) is 3.18. The first-order chi connectivity index (χ1) is 13.6. The van der Waals surface area contributed by atoms with Gasteiger partial charge in [0.05, 0.1) is 6.61 Å². The van der Waals surface area contributed by atoms with Crippen molar-refractivity contribution >= 4 is 23.5 Å². The van der Waals surface area contributed by atoms with Gasteiger partial charge in [-0.25, -0.2) is 14.8 Å². The fraction of sp³-hybridized carbons (Fsp3) is 0.400. The van der Waals surface area contributed by atoms with Crippen molar-refractivity contribution in [3.63, 3.8) is 0 Å². The minimum Gasteiger partial charge on any atom is -0.462 e. The first-order valence-corrected chi connectivity index (χ1v) is 9.40. The Morgan fingerprint density at radius 3 is 2.54 bits per heavy atom. The lowest BCUT2D eigenvalue weighted by atomic mass is 10.2. The molecule has 0 saturated carbocycles. The Balaban J connectivity index is 1.72. The molecule has 148 valence electrons. The molecule has 1 N–H and O–H groups in total. The van der Waals surface area contributed by atoms with Crippen molar-refractivity contribution in [3.8, 4) is 0 Å². The average molecular weight is 383 g/mol. The summed E-state index contributed by atoms with van der Waals surface area (Å²) in [6.07, 6.45) is 3.40. The molecule has 1 amide bonds. The van der Waals surface area contributed by atoms with Crippen LogP contribution in [0.4, 0.5) is 11.6 Å². The van der Waals surface area contributed by atoms with E-state index in [1.54, 1.807) is 38.4 Å². The number of aromatic nitrogens is 2. The molecule has 8 nitrogen and oxygen atoms in total. The van der Waals surface area contributed by atoms with Gasteiger partial charge in [0.25, 0.3) is 0 Å². The van der Waals surface area contributed by atoms with Gasteiger partial charge in [-0.05, 0) is 25.1 Å². The predicted octanol–water partition coefficient (Wildman–Crippen LogP) is 1.93. The number of anilines is 2. The lowest BCUT2D eigenvalue weighted by molar-refractivity contribution is -0.129. The second-order valence-corrected chi connectivity index (χ2v) is 6.45. The molecule has 2 aromatic rings. The fourth-order valence-electron chi connectivity index (χ4n) is 3.18. The number of hydrogen-bond donors (Lipinski definition) is 1. The smallest absolute Gasteiger partial charge is 0.341 e. The number of carbonyl (C=O) groups excluding carboxylic acids is 2. The van der Waals surface area contributed by atoms with Crippen LogP contribution in [0.5, 0.6) is 0 Å². The largest absolute Gasteiger partial charge is 0.462 e. The summed E-state index contributed by atoms with van der Waals surface area (Å²) in [5, 5.41) is 3.23. The highest BCUT2D eigenvalue weighted by Gasteiger charge is 2.21. The number of amides is 1. The van der Waals surface area contributed by atoms with Gasteiger partial charge in [-0.1, -0.05) is 6.07 Å². The molecule has 0 unspecified atom stereocenters. The molecule has 1 saturated heterocycles. The third kappa shape index (κ3) is 4.57. The molecule has 1 aliphatic heterocycles. The lowest BCUT2D eigenvalue weighted by Crippen LogP contribution is -2.48. The van der Waals surface area contributed by atoms with E-state index in [4.69, 9.17) is 4.74 Å². The van der Waals surface area contributed by atoms with E-state index in [1.807, 2.05) is 17.0 Å². The number of hydrogen-bond acceptors (Lipinski definition) is 7. The summed E-state index contributed by atoms with van der Waals surface area (Å²) in [4.78, 5) is 36.5. The van der Waals surface area contributed by atoms with Crippen LogP contribution in [0.25, 0.3) is 0 Å². The first-order valence-electron chi connectivity index (χ1n) is 9.40. The van der Waals surface area contributed by atoms with Crippen molar-refractivity contribution in [3.05, 3.63) is 47.8 Å². The molecule has 1 aliphatic rings. The van der Waals surface area contributed by atoms with Crippen LogP contribution in [-0.2, 0) is 16.1 Å². The van der Waals surface area contributed by atoms with Crippen molar-refractivity contribution in [1.82, 2.24) is 14.9 Å². The molecule has 2 aromatic heterocycles. The normalized spacial score (nSPS) is 13.9. The zero-order valence-corrected chi connectivity index (χ0v) is 16.2. The molecule has 0 radical (unpaired) electrons. The van der Waals surface area contributed by atoms with Crippen molar-refractivity contribution in [1.29, 1.82) is 0 Å². The standard InChI is InChI=1S/C20H25N5O3/c1-3-28-20(27)17-7-5-8-21-18(17)23-14-16-6-4-9-22-19(16)25-12-10-24(11-13-25)15(2)26/h4-9H,3,10-14H2,1-2H3,(H,21,23). The summed E-state index contributed by atoms with van der Waals surface area (Å²) in [6, 6.07) is 7.29. The van der Waals surface area contributed by atoms with Gasteiger partial charge < -0.3 is 19.9 Å². The Morgan fingerprint density at radius 2 is 1.82 bits per heavy atom. The molecular weight excluding hydrogens is 358 g/mol. The Labute approximate surface area is 164 Å². The Kier molecular flexibility index (Phi) is 6.41. The SMILES string of the molecule is CCOC(=O)c1cccnc1NCc1cccnc1N1CCN(C(C)=O)CC1. The van der Waals surface area contributed by atoms with Crippen LogP contribution in [-0.4, -0.2) is 59.5 Å². The van der Waals surface area contributed by atoms with Crippen molar-refractivity contribution in [2.45, 2.75) is 20.4 Å². The molecule has 0 aromatic carbocycles. The quantitative estimate of drug-likeness (QED) is 0.763. The van der Waals surface area contributed by atoms with E-state index >= 15 is 0 Å². The number of ether oxygens (including phenoxy) is 1. The van der Waals surface area contributed by atoms with Crippen LogP contribution in [0.1, 0.15) is 29.8 Å². The number of nitrogens with one attached hydrogen (secondary N) is 1. The molecule has 28 heavy (non-hydrogen) atoms. The van der Waals surface area contributed by atoms with E-state index < -0.39 is 5.97 Å². The highest BCUT2D eigenvalue weighted by atomic mass is 16.5. The van der Waals surface area contributed by atoms with Gasteiger partial charge in [-0.3, -0.25) is 4.79 Å². The number of carbonyl (C=O) groups is 2. The number of rotatable bonds is 6. The minimum atomic E-state index is -0.398. The summed E-state index contributed by atoms with van der Waals surface area (Å²) < 4.78 is 5.10. The van der Waals surface area contributed by atoms with E-state index in [9.17, 15) is 9.59 Å². The molecular formula is C20H25N5O3. The lowest BCUT2D eigenvalue weighted by Gasteiger charge is -2.35. The Morgan fingerprint density at radius 1 is 1.11 bits per heavy atom. The van der Waals surface area contributed by atoms with Crippen LogP contribution in [0, 0.1) is 0 Å². The van der Waals surface area contributed by atoms with Gasteiger partial charge in [0.1, 0.15) is 17.2 Å². The van der Waals surface area contributed by atoms with E-state index in [1.165, 1.54) is 0 Å². The number of piperazine rings is 1. The summed E-state index contributed by atoms with van der Waals surface area (Å²) in [5.41, 5.74) is 1.41. The molecule has 0 bridgehead atoms. The summed E-state index contributed by atoms with van der Waals surface area (Å²) >= 11 is 0. The van der Waals surface area contributed by atoms with Crippen LogP contribution < -0.4 is 10.2 Å². The van der Waals surface area contributed by atoms with E-state index in [2.05, 4.69) is 20.2 Å². The summed E-state index contributed by atoms with van der Waals surface area (Å²) in [7, 11) is 0. The molecule has 3 heterocycles. The molecule has 1 fully saturated rings. The van der Waals surface area contributed by atoms with Crippen LogP contribution in [0.3, 0.4) is 0 Å². The highest BCUT2D eigenvalue weighted by molar-refractivity contribution is 5.94. The average Bonchev–Trinajstić information content (AvgIpc) is 2.73. The van der Waals surface area contributed by atoms with E-state index in [0.717, 1.165) is 24.5 Å². The number of esters is 1. The van der Waals surface area contributed by atoms with Gasteiger partial charge in [0.15, 0.2) is 0 Å². The second-order valence-electron chi connectivity index (χ2n) is 6.45. The maximum atomic E-state index is 12.1. The zero-order chi connectivity index (χ0) is 19.9. The maximum Gasteiger partial charge on any atom is 0.341 e. The number of nitrogens with zero attached hydrogens (tertiary/aromatic N) is 4. The summed E-state index contributed by atoms with van der Waals surface area (Å²) in [6.45, 7) is 7.00. The molecule has 8 heteroatoms. The maximum absolute atomic E-state index is 12.1. The Bertz CT molecular complexity index is 834. The minimum absolute atomic E-state index is 0.101. The van der Waals surface area contributed by atoms with E-state index in [-0.39, 0.29) is 5.91 Å². The van der Waals surface area contributed by atoms with Crippen LogP contribution >= 0.6 is 0 Å². The van der Waals surface area contributed by atoms with Crippen molar-refractivity contribution in [2.75, 3.05) is 43.0 Å². The zero-order valence-electron chi connectivity index (χ0n) is 16.2. The van der Waals surface area contributed by atoms with E-state index in [0.29, 0.717) is 37.6 Å².